The monoisotopic (exact) mass is 309 g/mol. The molecule has 3 nitrogen and oxygen atoms in total. The molecule has 0 saturated carbocycles. The van der Waals surface area contributed by atoms with Crippen molar-refractivity contribution < 1.29 is 4.39 Å². The molecule has 2 aromatic rings. The lowest BCUT2D eigenvalue weighted by molar-refractivity contribution is 0.627. The molecule has 1 aromatic carbocycles. The molecule has 5 heteroatoms. The average Bonchev–Trinajstić information content (AvgIpc) is 2.28. The SMILES string of the molecule is CC(N)Cc1ccnc(-c2ccc(F)cc2Br)n1. The second-order valence-electron chi connectivity index (χ2n) is 4.18. The molecule has 1 unspecified atom stereocenters. The average molecular weight is 310 g/mol. The maximum absolute atomic E-state index is 13.0. The lowest BCUT2D eigenvalue weighted by Crippen LogP contribution is -2.18. The van der Waals surface area contributed by atoms with Crippen LogP contribution in [0.15, 0.2) is 34.9 Å². The van der Waals surface area contributed by atoms with E-state index in [1.165, 1.54) is 12.1 Å². The summed E-state index contributed by atoms with van der Waals surface area (Å²) >= 11 is 3.31. The maximum atomic E-state index is 13.0. The fourth-order valence-corrected chi connectivity index (χ4v) is 2.17. The van der Waals surface area contributed by atoms with Gasteiger partial charge in [0.2, 0.25) is 0 Å². The van der Waals surface area contributed by atoms with Crippen molar-refractivity contribution in [2.24, 2.45) is 5.73 Å². The molecule has 0 aliphatic rings. The minimum absolute atomic E-state index is 0.0457. The van der Waals surface area contributed by atoms with Crippen LogP contribution in [0.4, 0.5) is 4.39 Å². The predicted octanol–water partition coefficient (Wildman–Crippen LogP) is 2.93. The van der Waals surface area contributed by atoms with Gasteiger partial charge in [-0.25, -0.2) is 14.4 Å². The van der Waals surface area contributed by atoms with Gasteiger partial charge in [0.25, 0.3) is 0 Å². The molecule has 0 radical (unpaired) electrons. The van der Waals surface area contributed by atoms with E-state index in [9.17, 15) is 4.39 Å². The molecule has 1 aromatic heterocycles. The van der Waals surface area contributed by atoms with Crippen LogP contribution >= 0.6 is 15.9 Å². The summed E-state index contributed by atoms with van der Waals surface area (Å²) < 4.78 is 13.7. The Labute approximate surface area is 113 Å². The number of nitrogens with zero attached hydrogens (tertiary/aromatic N) is 2. The number of hydrogen-bond acceptors (Lipinski definition) is 3. The summed E-state index contributed by atoms with van der Waals surface area (Å²) in [7, 11) is 0. The Kier molecular flexibility index (Phi) is 4.04. The highest BCUT2D eigenvalue weighted by Gasteiger charge is 2.08. The normalized spacial score (nSPS) is 12.4. The molecular weight excluding hydrogens is 297 g/mol. The molecular formula is C13H13BrFN3. The Morgan fingerprint density at radius 1 is 1.39 bits per heavy atom. The quantitative estimate of drug-likeness (QED) is 0.948. The summed E-state index contributed by atoms with van der Waals surface area (Å²) in [5.74, 6) is 0.275. The highest BCUT2D eigenvalue weighted by atomic mass is 79.9. The molecule has 0 aliphatic heterocycles. The molecule has 0 fully saturated rings. The number of rotatable bonds is 3. The third-order valence-electron chi connectivity index (χ3n) is 2.42. The maximum Gasteiger partial charge on any atom is 0.160 e. The first-order valence-electron chi connectivity index (χ1n) is 5.59. The van der Waals surface area contributed by atoms with Crippen molar-refractivity contribution in [2.75, 3.05) is 0 Å². The summed E-state index contributed by atoms with van der Waals surface area (Å²) in [6, 6.07) is 6.33. The van der Waals surface area contributed by atoms with Crippen molar-refractivity contribution in [3.63, 3.8) is 0 Å². The van der Waals surface area contributed by atoms with Crippen LogP contribution in [0.1, 0.15) is 12.6 Å². The smallest absolute Gasteiger partial charge is 0.160 e. The zero-order valence-electron chi connectivity index (χ0n) is 9.90. The minimum atomic E-state index is -0.294. The molecule has 2 N–H and O–H groups in total. The van der Waals surface area contributed by atoms with E-state index in [2.05, 4.69) is 25.9 Å². The fourth-order valence-electron chi connectivity index (χ4n) is 1.64. The van der Waals surface area contributed by atoms with E-state index in [4.69, 9.17) is 5.73 Å². The van der Waals surface area contributed by atoms with Crippen LogP contribution < -0.4 is 5.73 Å². The van der Waals surface area contributed by atoms with Crippen LogP contribution in [0.2, 0.25) is 0 Å². The molecule has 18 heavy (non-hydrogen) atoms. The zero-order chi connectivity index (χ0) is 13.1. The lowest BCUT2D eigenvalue weighted by atomic mass is 10.1. The summed E-state index contributed by atoms with van der Waals surface area (Å²) in [6.45, 7) is 1.93. The lowest BCUT2D eigenvalue weighted by Gasteiger charge is -2.07. The Bertz CT molecular complexity index is 558. The van der Waals surface area contributed by atoms with Gasteiger partial charge < -0.3 is 5.73 Å². The zero-order valence-corrected chi connectivity index (χ0v) is 11.5. The molecule has 2 rings (SSSR count). The van der Waals surface area contributed by atoms with Gasteiger partial charge in [0.1, 0.15) is 5.82 Å². The van der Waals surface area contributed by atoms with E-state index in [1.54, 1.807) is 12.3 Å². The van der Waals surface area contributed by atoms with Crippen molar-refractivity contribution in [1.29, 1.82) is 0 Å². The van der Waals surface area contributed by atoms with Crippen LogP contribution in [-0.4, -0.2) is 16.0 Å². The van der Waals surface area contributed by atoms with Crippen molar-refractivity contribution in [1.82, 2.24) is 9.97 Å². The summed E-state index contributed by atoms with van der Waals surface area (Å²) in [5.41, 5.74) is 7.39. The van der Waals surface area contributed by atoms with Crippen molar-refractivity contribution in [3.05, 3.63) is 46.4 Å². The first-order chi connectivity index (χ1) is 8.56. The number of benzene rings is 1. The van der Waals surface area contributed by atoms with E-state index < -0.39 is 0 Å². The van der Waals surface area contributed by atoms with Gasteiger partial charge in [-0.2, -0.15) is 0 Å². The molecule has 0 saturated heterocycles. The summed E-state index contributed by atoms with van der Waals surface area (Å²) in [6.07, 6.45) is 2.38. The summed E-state index contributed by atoms with van der Waals surface area (Å²) in [4.78, 5) is 8.63. The van der Waals surface area contributed by atoms with Crippen molar-refractivity contribution >= 4 is 15.9 Å². The van der Waals surface area contributed by atoms with Crippen LogP contribution in [-0.2, 0) is 6.42 Å². The fraction of sp³-hybridized carbons (Fsp3) is 0.231. The van der Waals surface area contributed by atoms with E-state index in [0.29, 0.717) is 16.7 Å². The summed E-state index contributed by atoms with van der Waals surface area (Å²) in [5, 5.41) is 0. The third-order valence-corrected chi connectivity index (χ3v) is 3.07. The molecule has 0 aliphatic carbocycles. The first-order valence-corrected chi connectivity index (χ1v) is 6.38. The standard InChI is InChI=1S/C13H13BrFN3/c1-8(16)6-10-4-5-17-13(18-10)11-3-2-9(15)7-12(11)14/h2-5,7-8H,6,16H2,1H3. The molecule has 94 valence electrons. The van der Waals surface area contributed by atoms with Crippen LogP contribution in [0.3, 0.4) is 0 Å². The van der Waals surface area contributed by atoms with Crippen LogP contribution in [0.25, 0.3) is 11.4 Å². The Hall–Kier alpha value is -1.33. The van der Waals surface area contributed by atoms with E-state index in [-0.39, 0.29) is 11.9 Å². The second kappa shape index (κ2) is 5.54. The number of hydrogen-bond donors (Lipinski definition) is 1. The van der Waals surface area contributed by atoms with Gasteiger partial charge in [-0.15, -0.1) is 0 Å². The van der Waals surface area contributed by atoms with Gasteiger partial charge in [-0.3, -0.25) is 0 Å². The van der Waals surface area contributed by atoms with Gasteiger partial charge >= 0.3 is 0 Å². The molecule has 1 heterocycles. The number of halogens is 2. The molecule has 0 bridgehead atoms. The number of aromatic nitrogens is 2. The van der Waals surface area contributed by atoms with Crippen LogP contribution in [0.5, 0.6) is 0 Å². The van der Waals surface area contributed by atoms with Gasteiger partial charge in [0.05, 0.1) is 0 Å². The van der Waals surface area contributed by atoms with Gasteiger partial charge in [0, 0.05) is 34.4 Å². The highest BCUT2D eigenvalue weighted by molar-refractivity contribution is 9.10. The van der Waals surface area contributed by atoms with Crippen molar-refractivity contribution in [3.8, 4) is 11.4 Å². The topological polar surface area (TPSA) is 51.8 Å². The second-order valence-corrected chi connectivity index (χ2v) is 5.03. The minimum Gasteiger partial charge on any atom is -0.328 e. The van der Waals surface area contributed by atoms with Crippen molar-refractivity contribution in [2.45, 2.75) is 19.4 Å². The molecule has 0 amide bonds. The molecule has 0 spiro atoms. The predicted molar refractivity (Wildman–Crippen MR) is 72.5 cm³/mol. The Morgan fingerprint density at radius 2 is 2.17 bits per heavy atom. The third kappa shape index (κ3) is 3.11. The largest absolute Gasteiger partial charge is 0.328 e. The first kappa shape index (κ1) is 13.1. The van der Waals surface area contributed by atoms with E-state index >= 15 is 0 Å². The van der Waals surface area contributed by atoms with E-state index in [0.717, 1.165) is 11.3 Å². The van der Waals surface area contributed by atoms with Gasteiger partial charge in [-0.05, 0) is 47.1 Å². The Balaban J connectivity index is 2.38. The van der Waals surface area contributed by atoms with Gasteiger partial charge in [-0.1, -0.05) is 0 Å². The highest BCUT2D eigenvalue weighted by Crippen LogP contribution is 2.26. The van der Waals surface area contributed by atoms with Gasteiger partial charge in [0.15, 0.2) is 5.82 Å². The Morgan fingerprint density at radius 3 is 2.83 bits per heavy atom. The molecule has 1 atom stereocenters. The number of nitrogens with two attached hydrogens (primary N) is 1. The van der Waals surface area contributed by atoms with E-state index in [1.807, 2.05) is 13.0 Å². The van der Waals surface area contributed by atoms with Crippen LogP contribution in [0, 0.1) is 5.82 Å².